The molecule has 0 radical (unpaired) electrons. The van der Waals surface area contributed by atoms with Gasteiger partial charge in [0, 0.05) is 6.04 Å². The average molecular weight is 241 g/mol. The Morgan fingerprint density at radius 3 is 2.47 bits per heavy atom. The number of oxime groups is 1. The topological polar surface area (TPSA) is 87.7 Å². The molecular formula is C12H23N3O2. The van der Waals surface area contributed by atoms with E-state index in [0.29, 0.717) is 0 Å². The van der Waals surface area contributed by atoms with E-state index in [1.54, 1.807) is 0 Å². The van der Waals surface area contributed by atoms with Crippen LogP contribution in [0.5, 0.6) is 0 Å². The zero-order chi connectivity index (χ0) is 13.0. The minimum absolute atomic E-state index is 0.0130. The number of carbonyl (C=O) groups is 1. The summed E-state index contributed by atoms with van der Waals surface area (Å²) < 4.78 is 0. The van der Waals surface area contributed by atoms with Crippen LogP contribution >= 0.6 is 0 Å². The number of hydrogen-bond acceptors (Lipinski definition) is 3. The summed E-state index contributed by atoms with van der Waals surface area (Å²) in [6.45, 7) is 5.77. The van der Waals surface area contributed by atoms with Gasteiger partial charge in [0.2, 0.25) is 5.91 Å². The van der Waals surface area contributed by atoms with Crippen LogP contribution in [-0.4, -0.2) is 23.0 Å². The fourth-order valence-electron chi connectivity index (χ4n) is 2.09. The second-order valence-corrected chi connectivity index (χ2v) is 5.34. The van der Waals surface area contributed by atoms with Crippen LogP contribution in [-0.2, 0) is 4.79 Å². The molecule has 0 spiro atoms. The van der Waals surface area contributed by atoms with Gasteiger partial charge < -0.3 is 16.3 Å². The van der Waals surface area contributed by atoms with Crippen molar-refractivity contribution in [1.82, 2.24) is 5.32 Å². The van der Waals surface area contributed by atoms with Crippen LogP contribution in [0.3, 0.4) is 0 Å². The van der Waals surface area contributed by atoms with Gasteiger partial charge in [0.25, 0.3) is 0 Å². The van der Waals surface area contributed by atoms with Crippen LogP contribution in [0.25, 0.3) is 0 Å². The first-order valence-electron chi connectivity index (χ1n) is 6.23. The number of amidine groups is 1. The highest BCUT2D eigenvalue weighted by Gasteiger charge is 2.29. The lowest BCUT2D eigenvalue weighted by Gasteiger charge is -2.21. The Morgan fingerprint density at radius 2 is 2.06 bits per heavy atom. The molecule has 1 rings (SSSR count). The van der Waals surface area contributed by atoms with E-state index in [1.807, 2.05) is 20.8 Å². The first-order valence-corrected chi connectivity index (χ1v) is 6.23. The molecule has 0 heterocycles. The van der Waals surface area contributed by atoms with Crippen molar-refractivity contribution in [3.05, 3.63) is 0 Å². The molecule has 0 bridgehead atoms. The molecule has 0 aromatic heterocycles. The first-order chi connectivity index (χ1) is 7.95. The van der Waals surface area contributed by atoms with E-state index in [9.17, 15) is 4.79 Å². The van der Waals surface area contributed by atoms with Gasteiger partial charge in [-0.1, -0.05) is 31.8 Å². The molecule has 5 heteroatoms. The van der Waals surface area contributed by atoms with Gasteiger partial charge >= 0.3 is 0 Å². The fraction of sp³-hybridized carbons (Fsp3) is 0.833. The van der Waals surface area contributed by atoms with E-state index in [-0.39, 0.29) is 23.7 Å². The molecule has 1 fully saturated rings. The molecule has 1 aliphatic carbocycles. The smallest absolute Gasteiger partial charge is 0.231 e. The normalized spacial score (nSPS) is 20.1. The van der Waals surface area contributed by atoms with Crippen molar-refractivity contribution in [2.45, 2.75) is 46.1 Å². The SMILES string of the molecule is CC(CC1CC1)NC(=O)C(C(N)=NO)C(C)C. The molecule has 2 unspecified atom stereocenters. The summed E-state index contributed by atoms with van der Waals surface area (Å²) in [6.07, 6.45) is 3.56. The predicted molar refractivity (Wildman–Crippen MR) is 66.7 cm³/mol. The van der Waals surface area contributed by atoms with Crippen molar-refractivity contribution in [1.29, 1.82) is 0 Å². The average Bonchev–Trinajstić information content (AvgIpc) is 3.00. The number of nitrogens with one attached hydrogen (secondary N) is 1. The quantitative estimate of drug-likeness (QED) is 0.283. The molecule has 0 aliphatic heterocycles. The van der Waals surface area contributed by atoms with E-state index in [0.717, 1.165) is 12.3 Å². The lowest BCUT2D eigenvalue weighted by Crippen LogP contribution is -2.45. The minimum Gasteiger partial charge on any atom is -0.409 e. The molecule has 17 heavy (non-hydrogen) atoms. The van der Waals surface area contributed by atoms with Gasteiger partial charge in [-0.15, -0.1) is 0 Å². The zero-order valence-electron chi connectivity index (χ0n) is 10.8. The largest absolute Gasteiger partial charge is 0.409 e. The standard InChI is InChI=1S/C12H23N3O2/c1-7(2)10(11(13)15-17)12(16)14-8(3)6-9-4-5-9/h7-10,17H,4-6H2,1-3H3,(H2,13,15)(H,14,16). The van der Waals surface area contributed by atoms with Crippen LogP contribution in [0.4, 0.5) is 0 Å². The predicted octanol–water partition coefficient (Wildman–Crippen LogP) is 1.31. The fourth-order valence-corrected chi connectivity index (χ4v) is 2.09. The van der Waals surface area contributed by atoms with Gasteiger partial charge in [-0.25, -0.2) is 0 Å². The molecule has 0 aromatic rings. The molecule has 5 nitrogen and oxygen atoms in total. The lowest BCUT2D eigenvalue weighted by atomic mass is 9.93. The monoisotopic (exact) mass is 241 g/mol. The van der Waals surface area contributed by atoms with Crippen molar-refractivity contribution in [3.63, 3.8) is 0 Å². The highest BCUT2D eigenvalue weighted by Crippen LogP contribution is 2.33. The lowest BCUT2D eigenvalue weighted by molar-refractivity contribution is -0.124. The van der Waals surface area contributed by atoms with Crippen molar-refractivity contribution in [2.75, 3.05) is 0 Å². The highest BCUT2D eigenvalue weighted by atomic mass is 16.4. The van der Waals surface area contributed by atoms with Crippen molar-refractivity contribution in [3.8, 4) is 0 Å². The summed E-state index contributed by atoms with van der Waals surface area (Å²) in [6, 6.07) is 0.155. The van der Waals surface area contributed by atoms with Crippen molar-refractivity contribution in [2.24, 2.45) is 28.6 Å². The number of nitrogens with zero attached hydrogens (tertiary/aromatic N) is 1. The van der Waals surface area contributed by atoms with Gasteiger partial charge in [0.05, 0.1) is 0 Å². The number of amides is 1. The zero-order valence-corrected chi connectivity index (χ0v) is 10.8. The molecule has 0 saturated heterocycles. The van der Waals surface area contributed by atoms with Gasteiger partial charge in [-0.05, 0) is 25.2 Å². The van der Waals surface area contributed by atoms with E-state index in [1.165, 1.54) is 12.8 Å². The second kappa shape index (κ2) is 5.89. The third-order valence-electron chi connectivity index (χ3n) is 3.16. The number of nitrogens with two attached hydrogens (primary N) is 1. The third-order valence-corrected chi connectivity index (χ3v) is 3.16. The summed E-state index contributed by atoms with van der Waals surface area (Å²) >= 11 is 0. The molecular weight excluding hydrogens is 218 g/mol. The molecule has 98 valence electrons. The van der Waals surface area contributed by atoms with E-state index >= 15 is 0 Å². The Kier molecular flexibility index (Phi) is 4.78. The number of rotatable bonds is 6. The maximum atomic E-state index is 12.0. The van der Waals surface area contributed by atoms with Crippen LogP contribution < -0.4 is 11.1 Å². The molecule has 0 aromatic carbocycles. The van der Waals surface area contributed by atoms with E-state index < -0.39 is 5.92 Å². The third kappa shape index (κ3) is 4.24. The number of hydrogen-bond donors (Lipinski definition) is 3. The van der Waals surface area contributed by atoms with Crippen LogP contribution in [0, 0.1) is 17.8 Å². The van der Waals surface area contributed by atoms with E-state index in [4.69, 9.17) is 10.9 Å². The Morgan fingerprint density at radius 1 is 1.47 bits per heavy atom. The van der Waals surface area contributed by atoms with Gasteiger partial charge in [0.15, 0.2) is 5.84 Å². The number of carbonyl (C=O) groups excluding carboxylic acids is 1. The molecule has 1 saturated carbocycles. The van der Waals surface area contributed by atoms with Gasteiger partial charge in [-0.2, -0.15) is 0 Å². The van der Waals surface area contributed by atoms with Crippen LogP contribution in [0.15, 0.2) is 5.16 Å². The molecule has 4 N–H and O–H groups in total. The van der Waals surface area contributed by atoms with Gasteiger partial charge in [0.1, 0.15) is 5.92 Å². The minimum atomic E-state index is -0.554. The maximum Gasteiger partial charge on any atom is 0.231 e. The molecule has 1 amide bonds. The van der Waals surface area contributed by atoms with Crippen molar-refractivity contribution >= 4 is 11.7 Å². The highest BCUT2D eigenvalue weighted by molar-refractivity contribution is 6.02. The molecule has 1 aliphatic rings. The Bertz CT molecular complexity index is 298. The second-order valence-electron chi connectivity index (χ2n) is 5.34. The Labute approximate surface area is 102 Å². The first kappa shape index (κ1) is 13.8. The summed E-state index contributed by atoms with van der Waals surface area (Å²) in [5.74, 6) is 0.0619. The van der Waals surface area contributed by atoms with Crippen molar-refractivity contribution < 1.29 is 10.0 Å². The summed E-state index contributed by atoms with van der Waals surface area (Å²) in [4.78, 5) is 12.0. The Hall–Kier alpha value is -1.26. The summed E-state index contributed by atoms with van der Waals surface area (Å²) in [5, 5.41) is 14.6. The maximum absolute atomic E-state index is 12.0. The van der Waals surface area contributed by atoms with E-state index in [2.05, 4.69) is 10.5 Å². The summed E-state index contributed by atoms with van der Waals surface area (Å²) in [5.41, 5.74) is 5.55. The molecule has 2 atom stereocenters. The summed E-state index contributed by atoms with van der Waals surface area (Å²) in [7, 11) is 0. The van der Waals surface area contributed by atoms with Crippen LogP contribution in [0.2, 0.25) is 0 Å². The van der Waals surface area contributed by atoms with Gasteiger partial charge in [-0.3, -0.25) is 4.79 Å². The van der Waals surface area contributed by atoms with Crippen LogP contribution in [0.1, 0.15) is 40.0 Å². The Balaban J connectivity index is 2.51.